The van der Waals surface area contributed by atoms with Crippen molar-refractivity contribution >= 4 is 16.8 Å². The number of pyridine rings is 1. The Bertz CT molecular complexity index is 1190. The Labute approximate surface area is 202 Å². The summed E-state index contributed by atoms with van der Waals surface area (Å²) < 4.78 is 6.06. The summed E-state index contributed by atoms with van der Waals surface area (Å²) in [6.45, 7) is 7.25. The van der Waals surface area contributed by atoms with Gasteiger partial charge in [-0.25, -0.2) is 0 Å². The third kappa shape index (κ3) is 6.74. The molecule has 2 aromatic heterocycles. The number of fused-ring (bicyclic) bond motifs is 1. The van der Waals surface area contributed by atoms with E-state index in [0.29, 0.717) is 5.92 Å². The zero-order valence-corrected chi connectivity index (χ0v) is 20.9. The molecule has 1 radical (unpaired) electrons. The van der Waals surface area contributed by atoms with Crippen molar-refractivity contribution in [1.82, 2.24) is 4.98 Å². The fourth-order valence-corrected chi connectivity index (χ4v) is 3.10. The average Bonchev–Trinajstić information content (AvgIpc) is 3.17. The molecular weight excluding hydrogens is 579 g/mol. The summed E-state index contributed by atoms with van der Waals surface area (Å²) in [6.07, 6.45) is 3.03. The molecule has 0 unspecified atom stereocenters. The van der Waals surface area contributed by atoms with Crippen molar-refractivity contribution in [2.75, 3.05) is 0 Å². The SMILES string of the molecule is CC(=O)/C=C(/C)O.CC(C)c1ccc(-c2cc3cnc(-c4[c-]cccc4)cc3o2)cc1.[Ir]. The van der Waals surface area contributed by atoms with Crippen LogP contribution in [0.3, 0.4) is 0 Å². The van der Waals surface area contributed by atoms with E-state index < -0.39 is 0 Å². The van der Waals surface area contributed by atoms with Crippen LogP contribution < -0.4 is 0 Å². The van der Waals surface area contributed by atoms with E-state index in [1.807, 2.05) is 42.6 Å². The van der Waals surface area contributed by atoms with Gasteiger partial charge in [0.2, 0.25) is 0 Å². The van der Waals surface area contributed by atoms with E-state index >= 15 is 0 Å². The van der Waals surface area contributed by atoms with Crippen molar-refractivity contribution in [2.45, 2.75) is 33.6 Å². The molecule has 2 aromatic carbocycles. The van der Waals surface area contributed by atoms with Gasteiger partial charge < -0.3 is 14.5 Å². The molecule has 0 atom stereocenters. The first-order valence-electron chi connectivity index (χ1n) is 10.2. The van der Waals surface area contributed by atoms with E-state index in [0.717, 1.165) is 33.6 Å². The monoisotopic (exact) mass is 605 g/mol. The summed E-state index contributed by atoms with van der Waals surface area (Å²) in [6, 6.07) is 23.6. The van der Waals surface area contributed by atoms with Crippen molar-refractivity contribution in [1.29, 1.82) is 0 Å². The van der Waals surface area contributed by atoms with Gasteiger partial charge in [-0.15, -0.1) is 35.9 Å². The summed E-state index contributed by atoms with van der Waals surface area (Å²) in [5.41, 5.74) is 5.11. The van der Waals surface area contributed by atoms with Gasteiger partial charge in [-0.05, 0) is 43.2 Å². The third-order valence-electron chi connectivity index (χ3n) is 4.66. The van der Waals surface area contributed by atoms with E-state index in [1.54, 1.807) is 0 Å². The van der Waals surface area contributed by atoms with Crippen molar-refractivity contribution in [2.24, 2.45) is 0 Å². The molecule has 5 heteroatoms. The Morgan fingerprint density at radius 1 is 1.09 bits per heavy atom. The van der Waals surface area contributed by atoms with E-state index in [9.17, 15) is 4.79 Å². The van der Waals surface area contributed by atoms with E-state index in [-0.39, 0.29) is 31.6 Å². The quantitative estimate of drug-likeness (QED) is 0.153. The zero-order chi connectivity index (χ0) is 22.4. The predicted octanol–water partition coefficient (Wildman–Crippen LogP) is 7.12. The molecule has 0 saturated heterocycles. The van der Waals surface area contributed by atoms with Gasteiger partial charge >= 0.3 is 0 Å². The van der Waals surface area contributed by atoms with Crippen LogP contribution in [0.1, 0.15) is 39.2 Å². The molecule has 0 fully saturated rings. The molecule has 0 aliphatic carbocycles. The standard InChI is InChI=1S/C22H18NO.C5H8O2.Ir/c1-15(2)16-8-10-18(11-9-16)21-12-19-14-23-20(13-22(19)24-21)17-6-4-3-5-7-17;1-4(6)3-5(2)7;/h3-6,8-15H,1-2H3;3,6H,1-2H3;/q-1;;/b;4-3-;. The maximum absolute atomic E-state index is 10.0. The van der Waals surface area contributed by atoms with Crippen LogP contribution in [0.5, 0.6) is 0 Å². The van der Waals surface area contributed by atoms with Gasteiger partial charge in [0, 0.05) is 43.3 Å². The van der Waals surface area contributed by atoms with Crippen LogP contribution >= 0.6 is 0 Å². The van der Waals surface area contributed by atoms with Gasteiger partial charge in [0.15, 0.2) is 5.78 Å². The van der Waals surface area contributed by atoms with Crippen LogP contribution in [0.4, 0.5) is 0 Å². The summed E-state index contributed by atoms with van der Waals surface area (Å²) in [7, 11) is 0. The van der Waals surface area contributed by atoms with Crippen LogP contribution in [0.25, 0.3) is 33.6 Å². The number of benzene rings is 2. The summed E-state index contributed by atoms with van der Waals surface area (Å²) in [5, 5.41) is 9.37. The smallest absolute Gasteiger partial charge is 0.155 e. The number of hydrogen-bond acceptors (Lipinski definition) is 4. The second-order valence-electron chi connectivity index (χ2n) is 7.67. The van der Waals surface area contributed by atoms with E-state index in [4.69, 9.17) is 9.52 Å². The Hall–Kier alpha value is -3.01. The van der Waals surface area contributed by atoms with Crippen molar-refractivity contribution in [3.8, 4) is 22.6 Å². The number of rotatable bonds is 4. The number of ketones is 1. The zero-order valence-electron chi connectivity index (χ0n) is 18.5. The number of aliphatic hydroxyl groups excluding tert-OH is 1. The molecule has 1 N–H and O–H groups in total. The number of aliphatic hydroxyl groups is 1. The minimum Gasteiger partial charge on any atom is -0.512 e. The topological polar surface area (TPSA) is 63.3 Å². The van der Waals surface area contributed by atoms with E-state index in [2.05, 4.69) is 49.2 Å². The first-order chi connectivity index (χ1) is 14.8. The molecule has 0 amide bonds. The molecule has 0 aliphatic rings. The van der Waals surface area contributed by atoms with Gasteiger partial charge in [0.25, 0.3) is 0 Å². The number of furan rings is 1. The maximum atomic E-state index is 10.0. The van der Waals surface area contributed by atoms with Gasteiger partial charge in [-0.1, -0.05) is 38.1 Å². The van der Waals surface area contributed by atoms with Crippen LogP contribution in [0.2, 0.25) is 0 Å². The van der Waals surface area contributed by atoms with Crippen molar-refractivity contribution < 1.29 is 34.4 Å². The summed E-state index contributed by atoms with van der Waals surface area (Å²) in [4.78, 5) is 14.5. The summed E-state index contributed by atoms with van der Waals surface area (Å²) >= 11 is 0. The molecule has 2 heterocycles. The Balaban J connectivity index is 0.000000398. The number of nitrogens with zero attached hydrogens (tertiary/aromatic N) is 1. The molecule has 4 aromatic rings. The minimum atomic E-state index is -0.125. The largest absolute Gasteiger partial charge is 0.512 e. The fraction of sp³-hybridized carbons (Fsp3) is 0.185. The van der Waals surface area contributed by atoms with Gasteiger partial charge in [0.05, 0.1) is 5.76 Å². The maximum Gasteiger partial charge on any atom is 0.155 e. The Morgan fingerprint density at radius 2 is 1.81 bits per heavy atom. The van der Waals surface area contributed by atoms with Crippen molar-refractivity contribution in [3.05, 3.63) is 90.3 Å². The first-order valence-corrected chi connectivity index (χ1v) is 10.2. The van der Waals surface area contributed by atoms with Crippen LogP contribution in [-0.2, 0) is 24.9 Å². The molecule has 167 valence electrons. The number of carbonyl (C=O) groups is 1. The molecule has 4 nitrogen and oxygen atoms in total. The Morgan fingerprint density at radius 3 is 2.34 bits per heavy atom. The predicted molar refractivity (Wildman–Crippen MR) is 125 cm³/mol. The molecule has 0 bridgehead atoms. The van der Waals surface area contributed by atoms with Gasteiger partial charge in [0.1, 0.15) is 11.3 Å². The fourth-order valence-electron chi connectivity index (χ4n) is 3.10. The number of hydrogen-bond donors (Lipinski definition) is 1. The second kappa shape index (κ2) is 11.6. The number of allylic oxidation sites excluding steroid dienone is 2. The van der Waals surface area contributed by atoms with Crippen molar-refractivity contribution in [3.63, 3.8) is 0 Å². The van der Waals surface area contributed by atoms with Crippen LogP contribution in [-0.4, -0.2) is 15.9 Å². The molecule has 0 spiro atoms. The third-order valence-corrected chi connectivity index (χ3v) is 4.66. The molecular formula is C27H26IrNO3-. The molecule has 0 aliphatic heterocycles. The van der Waals surface area contributed by atoms with Gasteiger partial charge in [-0.3, -0.25) is 4.79 Å². The normalized spacial score (nSPS) is 11.0. The van der Waals surface area contributed by atoms with Crippen LogP contribution in [0, 0.1) is 6.07 Å². The second-order valence-corrected chi connectivity index (χ2v) is 7.67. The number of carbonyl (C=O) groups excluding carboxylic acids is 1. The molecule has 4 rings (SSSR count). The Kier molecular flexibility index (Phi) is 9.13. The first kappa shape index (κ1) is 25.3. The van der Waals surface area contributed by atoms with Crippen LogP contribution in [0.15, 0.2) is 83.1 Å². The molecule has 0 saturated carbocycles. The van der Waals surface area contributed by atoms with Gasteiger partial charge in [-0.2, -0.15) is 0 Å². The number of aromatic nitrogens is 1. The van der Waals surface area contributed by atoms with E-state index in [1.165, 1.54) is 25.5 Å². The summed E-state index contributed by atoms with van der Waals surface area (Å²) in [5.74, 6) is 1.34. The molecule has 32 heavy (non-hydrogen) atoms. The minimum absolute atomic E-state index is 0. The average molecular weight is 605 g/mol.